The molecule has 0 spiro atoms. The average molecular weight is 266 g/mol. The van der Waals surface area contributed by atoms with E-state index in [2.05, 4.69) is 10.6 Å². The van der Waals surface area contributed by atoms with E-state index in [0.717, 1.165) is 25.9 Å². The highest BCUT2D eigenvalue weighted by Crippen LogP contribution is 2.48. The van der Waals surface area contributed by atoms with Gasteiger partial charge in [-0.25, -0.2) is 0 Å². The lowest BCUT2D eigenvalue weighted by atomic mass is 10.1. The molecule has 1 aliphatic carbocycles. The highest BCUT2D eigenvalue weighted by atomic mass is 19.4. The fraction of sp³-hybridized carbons (Fsp3) is 1.00. The summed E-state index contributed by atoms with van der Waals surface area (Å²) in [5.74, 6) is 0. The lowest BCUT2D eigenvalue weighted by molar-refractivity contribution is -0.165. The van der Waals surface area contributed by atoms with Crippen LogP contribution in [0.4, 0.5) is 13.2 Å². The minimum atomic E-state index is -4.11. The maximum Gasteiger partial charge on any atom is 0.406 e. The monoisotopic (exact) mass is 266 g/mol. The predicted molar refractivity (Wildman–Crippen MR) is 62.5 cm³/mol. The number of hydrogen-bond acceptors (Lipinski definition) is 3. The normalized spacial score (nSPS) is 24.2. The van der Waals surface area contributed by atoms with Gasteiger partial charge in [0.25, 0.3) is 0 Å². The zero-order valence-electron chi connectivity index (χ0n) is 10.5. The van der Waals surface area contributed by atoms with Gasteiger partial charge in [-0.05, 0) is 51.7 Å². The van der Waals surface area contributed by atoms with E-state index in [1.807, 2.05) is 0 Å². The largest absolute Gasteiger partial charge is 0.406 e. The Labute approximate surface area is 105 Å². The molecule has 2 fully saturated rings. The minimum absolute atomic E-state index is 0.214. The summed E-state index contributed by atoms with van der Waals surface area (Å²) in [6.45, 7) is 2.87. The molecule has 1 heterocycles. The quantitative estimate of drug-likeness (QED) is 0.720. The van der Waals surface area contributed by atoms with Gasteiger partial charge < -0.3 is 15.4 Å². The van der Waals surface area contributed by atoms with Crippen LogP contribution in [0, 0.1) is 0 Å². The minimum Gasteiger partial charge on any atom is -0.378 e. The molecule has 0 aromatic carbocycles. The molecule has 0 aromatic rings. The predicted octanol–water partition coefficient (Wildman–Crippen LogP) is 1.83. The first kappa shape index (κ1) is 14.1. The maximum atomic E-state index is 12.6. The van der Waals surface area contributed by atoms with Crippen molar-refractivity contribution < 1.29 is 17.9 Å². The molecule has 0 radical (unpaired) electrons. The summed E-state index contributed by atoms with van der Waals surface area (Å²) in [6, 6.07) is 0. The first-order chi connectivity index (χ1) is 8.54. The van der Waals surface area contributed by atoms with E-state index in [1.165, 1.54) is 0 Å². The third kappa shape index (κ3) is 3.59. The molecule has 0 atom stereocenters. The Bertz CT molecular complexity index is 261. The van der Waals surface area contributed by atoms with Crippen molar-refractivity contribution in [2.45, 2.75) is 49.9 Å². The molecule has 2 rings (SSSR count). The number of rotatable bonds is 6. The molecular formula is C12H21F3N2O. The summed E-state index contributed by atoms with van der Waals surface area (Å²) in [5, 5.41) is 5.87. The molecule has 0 aromatic heterocycles. The SMILES string of the molecule is FC(F)(F)C1(NCCCOC2CCNCC2)CC1. The van der Waals surface area contributed by atoms with Crippen molar-refractivity contribution in [2.24, 2.45) is 0 Å². The summed E-state index contributed by atoms with van der Waals surface area (Å²) in [6.07, 6.45) is -0.759. The van der Waals surface area contributed by atoms with Crippen LogP contribution in [-0.4, -0.2) is 44.1 Å². The molecule has 18 heavy (non-hydrogen) atoms. The van der Waals surface area contributed by atoms with E-state index in [9.17, 15) is 13.2 Å². The first-order valence-corrected chi connectivity index (χ1v) is 6.68. The Morgan fingerprint density at radius 2 is 1.89 bits per heavy atom. The lowest BCUT2D eigenvalue weighted by Gasteiger charge is -2.24. The van der Waals surface area contributed by atoms with Crippen LogP contribution in [0.5, 0.6) is 0 Å². The number of nitrogens with one attached hydrogen (secondary N) is 2. The van der Waals surface area contributed by atoms with Crippen LogP contribution in [0.15, 0.2) is 0 Å². The topological polar surface area (TPSA) is 33.3 Å². The number of piperidine rings is 1. The number of ether oxygens (including phenoxy) is 1. The molecule has 3 nitrogen and oxygen atoms in total. The molecule has 0 amide bonds. The Morgan fingerprint density at radius 1 is 1.22 bits per heavy atom. The van der Waals surface area contributed by atoms with Gasteiger partial charge >= 0.3 is 6.18 Å². The first-order valence-electron chi connectivity index (χ1n) is 6.68. The van der Waals surface area contributed by atoms with E-state index >= 15 is 0 Å². The van der Waals surface area contributed by atoms with Crippen LogP contribution in [0.1, 0.15) is 32.1 Å². The highest BCUT2D eigenvalue weighted by molar-refractivity contribution is 5.07. The molecule has 2 N–H and O–H groups in total. The van der Waals surface area contributed by atoms with Gasteiger partial charge in [-0.2, -0.15) is 13.2 Å². The van der Waals surface area contributed by atoms with Gasteiger partial charge in [-0.15, -0.1) is 0 Å². The van der Waals surface area contributed by atoms with Crippen molar-refractivity contribution in [3.05, 3.63) is 0 Å². The molecule has 6 heteroatoms. The second-order valence-corrected chi connectivity index (χ2v) is 5.18. The van der Waals surface area contributed by atoms with E-state index in [1.54, 1.807) is 0 Å². The number of hydrogen-bond donors (Lipinski definition) is 2. The van der Waals surface area contributed by atoms with Crippen molar-refractivity contribution in [3.8, 4) is 0 Å². The fourth-order valence-corrected chi connectivity index (χ4v) is 2.30. The molecular weight excluding hydrogens is 245 g/mol. The second-order valence-electron chi connectivity index (χ2n) is 5.18. The van der Waals surface area contributed by atoms with Crippen LogP contribution < -0.4 is 10.6 Å². The average Bonchev–Trinajstić information content (AvgIpc) is 3.10. The molecule has 1 saturated heterocycles. The van der Waals surface area contributed by atoms with Crippen molar-refractivity contribution in [1.29, 1.82) is 0 Å². The van der Waals surface area contributed by atoms with Crippen LogP contribution >= 0.6 is 0 Å². The Balaban J connectivity index is 1.54. The molecule has 1 aliphatic heterocycles. The third-order valence-corrected chi connectivity index (χ3v) is 3.72. The third-order valence-electron chi connectivity index (χ3n) is 3.72. The summed E-state index contributed by atoms with van der Waals surface area (Å²) >= 11 is 0. The standard InChI is InChI=1S/C12H21F3N2O/c13-12(14,15)11(4-5-11)17-6-1-9-18-10-2-7-16-8-3-10/h10,16-17H,1-9H2. The molecule has 106 valence electrons. The Kier molecular flexibility index (Phi) is 4.50. The van der Waals surface area contributed by atoms with Crippen LogP contribution in [0.2, 0.25) is 0 Å². The smallest absolute Gasteiger partial charge is 0.378 e. The van der Waals surface area contributed by atoms with Gasteiger partial charge in [0.15, 0.2) is 0 Å². The number of alkyl halides is 3. The molecule has 0 bridgehead atoms. The van der Waals surface area contributed by atoms with Gasteiger partial charge in [0, 0.05) is 6.61 Å². The van der Waals surface area contributed by atoms with E-state index < -0.39 is 11.7 Å². The van der Waals surface area contributed by atoms with Crippen molar-refractivity contribution in [3.63, 3.8) is 0 Å². The summed E-state index contributed by atoms with van der Waals surface area (Å²) < 4.78 is 43.4. The Hall–Kier alpha value is -0.330. The lowest BCUT2D eigenvalue weighted by Crippen LogP contribution is -2.45. The number of halogens is 3. The molecule has 0 unspecified atom stereocenters. The van der Waals surface area contributed by atoms with Gasteiger partial charge in [0.2, 0.25) is 0 Å². The summed E-state index contributed by atoms with van der Waals surface area (Å²) in [5.41, 5.74) is -1.58. The van der Waals surface area contributed by atoms with Crippen molar-refractivity contribution in [1.82, 2.24) is 10.6 Å². The molecule has 2 aliphatic rings. The van der Waals surface area contributed by atoms with E-state index in [-0.39, 0.29) is 18.9 Å². The zero-order chi connectivity index (χ0) is 13.1. The maximum absolute atomic E-state index is 12.6. The fourth-order valence-electron chi connectivity index (χ4n) is 2.30. The van der Waals surface area contributed by atoms with Crippen LogP contribution in [-0.2, 0) is 4.74 Å². The second kappa shape index (κ2) is 5.75. The Morgan fingerprint density at radius 3 is 2.44 bits per heavy atom. The summed E-state index contributed by atoms with van der Waals surface area (Å²) in [7, 11) is 0. The van der Waals surface area contributed by atoms with Gasteiger partial charge in [0.1, 0.15) is 5.54 Å². The van der Waals surface area contributed by atoms with Gasteiger partial charge in [-0.3, -0.25) is 0 Å². The van der Waals surface area contributed by atoms with Gasteiger partial charge in [-0.1, -0.05) is 0 Å². The van der Waals surface area contributed by atoms with Gasteiger partial charge in [0.05, 0.1) is 6.10 Å². The van der Waals surface area contributed by atoms with Crippen LogP contribution in [0.3, 0.4) is 0 Å². The van der Waals surface area contributed by atoms with Crippen LogP contribution in [0.25, 0.3) is 0 Å². The van der Waals surface area contributed by atoms with Crippen molar-refractivity contribution in [2.75, 3.05) is 26.2 Å². The van der Waals surface area contributed by atoms with Crippen molar-refractivity contribution >= 4 is 0 Å². The zero-order valence-corrected chi connectivity index (χ0v) is 10.5. The van der Waals surface area contributed by atoms with E-state index in [4.69, 9.17) is 4.74 Å². The van der Waals surface area contributed by atoms with E-state index in [0.29, 0.717) is 19.6 Å². The summed E-state index contributed by atoms with van der Waals surface area (Å²) in [4.78, 5) is 0. The molecule has 1 saturated carbocycles. The highest BCUT2D eigenvalue weighted by Gasteiger charge is 2.62.